The van der Waals surface area contributed by atoms with Crippen LogP contribution in [0.5, 0.6) is 11.5 Å². The highest BCUT2D eigenvalue weighted by Crippen LogP contribution is 2.35. The van der Waals surface area contributed by atoms with Crippen LogP contribution in [-0.4, -0.2) is 43.7 Å². The summed E-state index contributed by atoms with van der Waals surface area (Å²) < 4.78 is 16.6. The van der Waals surface area contributed by atoms with Gasteiger partial charge in [0.2, 0.25) is 0 Å². The Balaban J connectivity index is 0.00000131. The van der Waals surface area contributed by atoms with Crippen molar-refractivity contribution in [2.45, 2.75) is 6.42 Å². The van der Waals surface area contributed by atoms with Gasteiger partial charge in [0, 0.05) is 18.7 Å². The van der Waals surface area contributed by atoms with Crippen LogP contribution in [0, 0.1) is 0 Å². The Bertz CT molecular complexity index is 823. The minimum Gasteiger partial charge on any atom is -0.486 e. The molecule has 0 atom stereocenters. The number of nitrogens with zero attached hydrogens (tertiary/aromatic N) is 1. The maximum atomic E-state index is 12.5. The third-order valence-electron chi connectivity index (χ3n) is 4.22. The Morgan fingerprint density at radius 2 is 2.00 bits per heavy atom. The van der Waals surface area contributed by atoms with E-state index < -0.39 is 0 Å². The Morgan fingerprint density at radius 3 is 2.78 bits per heavy atom. The summed E-state index contributed by atoms with van der Waals surface area (Å²) in [6, 6.07) is 5.45. The molecule has 4 rings (SSSR count). The van der Waals surface area contributed by atoms with Gasteiger partial charge in [-0.2, -0.15) is 0 Å². The van der Waals surface area contributed by atoms with E-state index in [0.29, 0.717) is 37.0 Å². The van der Waals surface area contributed by atoms with Crippen LogP contribution in [0.15, 0.2) is 40.7 Å². The molecule has 0 unspecified atom stereocenters. The number of amides is 1. The largest absolute Gasteiger partial charge is 0.486 e. The normalized spacial score (nSPS) is 15.0. The monoisotopic (exact) mass is 413 g/mol. The molecule has 0 radical (unpaired) electrons. The van der Waals surface area contributed by atoms with Gasteiger partial charge in [0.15, 0.2) is 29.3 Å². The molecule has 0 spiro atoms. The zero-order valence-corrected chi connectivity index (χ0v) is 16.2. The lowest BCUT2D eigenvalue weighted by Gasteiger charge is -2.18. The smallest absolute Gasteiger partial charge is 0.274 e. The fraction of sp³-hybridized carbons (Fsp3) is 0.333. The average Bonchev–Trinajstić information content (AvgIpc) is 3.16. The molecule has 0 saturated carbocycles. The number of aromatic nitrogens is 1. The number of fused-ring (bicyclic) bond motifs is 1. The second kappa shape index (κ2) is 9.64. The molecule has 1 amide bonds. The van der Waals surface area contributed by atoms with Crippen molar-refractivity contribution in [3.63, 3.8) is 0 Å². The van der Waals surface area contributed by atoms with Gasteiger partial charge in [-0.3, -0.25) is 4.79 Å². The van der Waals surface area contributed by atoms with Crippen LogP contribution < -0.4 is 20.1 Å². The molecule has 0 bridgehead atoms. The van der Waals surface area contributed by atoms with Crippen molar-refractivity contribution in [1.82, 2.24) is 15.6 Å². The molecule has 1 aromatic carbocycles. The molecule has 1 aromatic heterocycles. The summed E-state index contributed by atoms with van der Waals surface area (Å²) in [4.78, 5) is 16.6. The van der Waals surface area contributed by atoms with E-state index in [9.17, 15) is 4.79 Å². The van der Waals surface area contributed by atoms with Gasteiger partial charge < -0.3 is 24.5 Å². The summed E-state index contributed by atoms with van der Waals surface area (Å²) in [7, 11) is 0. The lowest BCUT2D eigenvalue weighted by atomic mass is 10.1. The highest BCUT2D eigenvalue weighted by atomic mass is 35.5. The standard InChI is InChI=1S/C18H19N3O4.2ClH/c22-18(20-10-12-3-5-19-6-4-12)16-17(25-11-21-16)13-1-2-14-15(9-13)24-8-7-23-14;;/h1-3,9,11,19H,4-8,10H2,(H,20,22);2*1H. The molecule has 0 saturated heterocycles. The molecular weight excluding hydrogens is 393 g/mol. The number of halogens is 2. The van der Waals surface area contributed by atoms with Crippen molar-refractivity contribution < 1.29 is 18.7 Å². The van der Waals surface area contributed by atoms with Gasteiger partial charge in [-0.05, 0) is 31.2 Å². The number of rotatable bonds is 4. The summed E-state index contributed by atoms with van der Waals surface area (Å²) in [5.74, 6) is 1.51. The molecule has 2 N–H and O–H groups in total. The molecule has 0 aliphatic carbocycles. The lowest BCUT2D eigenvalue weighted by molar-refractivity contribution is 0.0952. The van der Waals surface area contributed by atoms with Crippen LogP contribution in [0.25, 0.3) is 11.3 Å². The Kier molecular flexibility index (Phi) is 7.53. The van der Waals surface area contributed by atoms with Crippen molar-refractivity contribution in [1.29, 1.82) is 0 Å². The first-order chi connectivity index (χ1) is 12.3. The number of ether oxygens (including phenoxy) is 2. The molecule has 2 aliphatic heterocycles. The second-order valence-corrected chi connectivity index (χ2v) is 5.89. The number of carbonyl (C=O) groups excluding carboxylic acids is 1. The van der Waals surface area contributed by atoms with E-state index in [1.54, 1.807) is 6.07 Å². The minimum absolute atomic E-state index is 0. The van der Waals surface area contributed by atoms with Gasteiger partial charge in [-0.25, -0.2) is 4.98 Å². The Labute approximate surface area is 169 Å². The number of hydrogen-bond donors (Lipinski definition) is 2. The van der Waals surface area contributed by atoms with E-state index in [0.717, 1.165) is 25.1 Å². The predicted octanol–water partition coefficient (Wildman–Crippen LogP) is 2.61. The SMILES string of the molecule is Cl.Cl.O=C(NCC1=CCNCC1)c1ncoc1-c1ccc2c(c1)OCCO2. The molecule has 7 nitrogen and oxygen atoms in total. The van der Waals surface area contributed by atoms with Gasteiger partial charge in [0.1, 0.15) is 13.2 Å². The van der Waals surface area contributed by atoms with E-state index >= 15 is 0 Å². The topological polar surface area (TPSA) is 85.6 Å². The predicted molar refractivity (Wildman–Crippen MR) is 105 cm³/mol. The zero-order chi connectivity index (χ0) is 17.1. The highest BCUT2D eigenvalue weighted by Gasteiger charge is 2.21. The van der Waals surface area contributed by atoms with E-state index in [4.69, 9.17) is 13.9 Å². The molecule has 146 valence electrons. The van der Waals surface area contributed by atoms with Crippen molar-refractivity contribution in [3.8, 4) is 22.8 Å². The van der Waals surface area contributed by atoms with E-state index in [1.807, 2.05) is 12.1 Å². The van der Waals surface area contributed by atoms with E-state index in [2.05, 4.69) is 21.7 Å². The van der Waals surface area contributed by atoms with Crippen molar-refractivity contribution in [2.24, 2.45) is 0 Å². The van der Waals surface area contributed by atoms with Gasteiger partial charge >= 0.3 is 0 Å². The van der Waals surface area contributed by atoms with E-state index in [1.165, 1.54) is 12.0 Å². The van der Waals surface area contributed by atoms with Crippen LogP contribution in [-0.2, 0) is 0 Å². The maximum Gasteiger partial charge on any atom is 0.274 e. The van der Waals surface area contributed by atoms with Crippen molar-refractivity contribution >= 4 is 30.7 Å². The van der Waals surface area contributed by atoms with Crippen LogP contribution in [0.2, 0.25) is 0 Å². The minimum atomic E-state index is -0.252. The molecule has 2 aromatic rings. The highest BCUT2D eigenvalue weighted by molar-refractivity contribution is 5.97. The fourth-order valence-electron chi connectivity index (χ4n) is 2.90. The van der Waals surface area contributed by atoms with Crippen LogP contribution in [0.4, 0.5) is 0 Å². The second-order valence-electron chi connectivity index (χ2n) is 5.89. The molecule has 27 heavy (non-hydrogen) atoms. The number of benzene rings is 1. The lowest BCUT2D eigenvalue weighted by Crippen LogP contribution is -2.30. The van der Waals surface area contributed by atoms with Crippen molar-refractivity contribution in [2.75, 3.05) is 32.8 Å². The van der Waals surface area contributed by atoms with Gasteiger partial charge in [-0.15, -0.1) is 24.8 Å². The van der Waals surface area contributed by atoms with Gasteiger partial charge in [0.05, 0.1) is 0 Å². The average molecular weight is 414 g/mol. The van der Waals surface area contributed by atoms with Gasteiger partial charge in [0.25, 0.3) is 5.91 Å². The number of oxazole rings is 1. The third kappa shape index (κ3) is 4.74. The van der Waals surface area contributed by atoms with Gasteiger partial charge in [-0.1, -0.05) is 11.6 Å². The Hall–Kier alpha value is -2.22. The maximum absolute atomic E-state index is 12.5. The van der Waals surface area contributed by atoms with Crippen molar-refractivity contribution in [3.05, 3.63) is 41.9 Å². The fourth-order valence-corrected chi connectivity index (χ4v) is 2.90. The molecule has 3 heterocycles. The van der Waals surface area contributed by atoms with Crippen LogP contribution in [0.1, 0.15) is 16.9 Å². The molecular formula is C18H21Cl2N3O4. The quantitative estimate of drug-likeness (QED) is 0.749. The Morgan fingerprint density at radius 1 is 1.19 bits per heavy atom. The summed E-state index contributed by atoms with van der Waals surface area (Å²) in [6.07, 6.45) is 4.33. The first-order valence-corrected chi connectivity index (χ1v) is 8.31. The first-order valence-electron chi connectivity index (χ1n) is 8.31. The molecule has 0 fully saturated rings. The van der Waals surface area contributed by atoms with E-state index in [-0.39, 0.29) is 36.4 Å². The van der Waals surface area contributed by atoms with Crippen LogP contribution >= 0.6 is 24.8 Å². The number of hydrogen-bond acceptors (Lipinski definition) is 6. The van der Waals surface area contributed by atoms with Crippen LogP contribution in [0.3, 0.4) is 0 Å². The first kappa shape index (κ1) is 21.1. The number of nitrogens with one attached hydrogen (secondary N) is 2. The molecule has 9 heteroatoms. The third-order valence-corrected chi connectivity index (χ3v) is 4.22. The zero-order valence-electron chi connectivity index (χ0n) is 14.5. The summed E-state index contributed by atoms with van der Waals surface area (Å²) in [5, 5.41) is 6.16. The molecule has 2 aliphatic rings. The summed E-state index contributed by atoms with van der Waals surface area (Å²) >= 11 is 0. The number of carbonyl (C=O) groups is 1. The summed E-state index contributed by atoms with van der Waals surface area (Å²) in [6.45, 7) is 3.34. The summed E-state index contributed by atoms with van der Waals surface area (Å²) in [5.41, 5.74) is 2.22.